The van der Waals surface area contributed by atoms with Crippen LogP contribution in [0.2, 0.25) is 0 Å². The number of aldehydes is 2. The molecule has 1 fully saturated rings. The fourth-order valence-corrected chi connectivity index (χ4v) is 5.42. The van der Waals surface area contributed by atoms with Crippen LogP contribution >= 0.6 is 0 Å². The third-order valence-electron chi connectivity index (χ3n) is 8.08. The lowest BCUT2D eigenvalue weighted by molar-refractivity contribution is -0.109. The number of hydrogen-bond donors (Lipinski definition) is 0. The number of hydrogen-bond acceptors (Lipinski definition) is 11. The first-order valence-corrected chi connectivity index (χ1v) is 17.7. The maximum Gasteiger partial charge on any atom is 0.214 e. The molecule has 5 aromatic rings. The van der Waals surface area contributed by atoms with E-state index in [1.54, 1.807) is 32.4 Å². The molecule has 2 aliphatic rings. The quantitative estimate of drug-likeness (QED) is 0.183. The SMILES string of the molecule is C1COC1.CN(C)C.COC.Cn1c(Cc2ccc3cc2OCCCc2cc(C#N)ccc2COc2cccc-3n2)nc2c(OCC=O)cc(C=O)cc21. The number of imidazole rings is 1. The molecular weight excluding hydrogens is 686 g/mol. The van der Waals surface area contributed by atoms with Crippen LogP contribution in [0.5, 0.6) is 17.4 Å². The topological polar surface area (TPSA) is 138 Å². The number of aromatic nitrogens is 3. The Morgan fingerprint density at radius 3 is 2.33 bits per heavy atom. The van der Waals surface area contributed by atoms with E-state index in [2.05, 4.69) is 10.8 Å². The normalized spacial score (nSPS) is 12.9. The Hall–Kier alpha value is -5.61. The number of pyridine rings is 1. The lowest BCUT2D eigenvalue weighted by atomic mass is 10.0. The number of fused-ring (bicyclic) bond motifs is 7. The van der Waals surface area contributed by atoms with Crippen molar-refractivity contribution in [3.8, 4) is 34.7 Å². The molecule has 54 heavy (non-hydrogen) atoms. The second-order valence-corrected chi connectivity index (χ2v) is 13.0. The van der Waals surface area contributed by atoms with Gasteiger partial charge < -0.3 is 33.2 Å². The summed E-state index contributed by atoms with van der Waals surface area (Å²) in [6.07, 6.45) is 4.61. The van der Waals surface area contributed by atoms with Crippen molar-refractivity contribution in [2.45, 2.75) is 32.3 Å². The molecule has 12 heteroatoms. The maximum absolute atomic E-state index is 11.6. The van der Waals surface area contributed by atoms with Crippen LogP contribution in [-0.2, 0) is 40.8 Å². The summed E-state index contributed by atoms with van der Waals surface area (Å²) < 4.78 is 29.0. The van der Waals surface area contributed by atoms with E-state index in [1.165, 1.54) is 6.42 Å². The average molecular weight is 736 g/mol. The first-order chi connectivity index (χ1) is 26.2. The van der Waals surface area contributed by atoms with E-state index in [9.17, 15) is 14.9 Å². The van der Waals surface area contributed by atoms with Gasteiger partial charge in [-0.05, 0) is 87.9 Å². The van der Waals surface area contributed by atoms with E-state index in [0.717, 1.165) is 71.6 Å². The summed E-state index contributed by atoms with van der Waals surface area (Å²) in [6, 6.07) is 22.9. The molecule has 0 atom stereocenters. The van der Waals surface area contributed by atoms with Gasteiger partial charge in [0.15, 0.2) is 6.29 Å². The minimum absolute atomic E-state index is 0.134. The van der Waals surface area contributed by atoms with Gasteiger partial charge in [0.1, 0.15) is 42.3 Å². The number of carbonyl (C=O) groups excluding carboxylic acids is 2. The fraction of sp³-hybridized carbons (Fsp3) is 0.357. The standard InChI is InChI=1S/C34H28N4O5.C3H9N.C3H6O.C2H6O/c1-38-29-15-23(20-40)16-31(42-13-11-39)34(29)37-32(38)18-26-10-9-25-17-30(26)41-12-3-4-24-14-22(19-35)7-8-27(24)21-43-33-6-2-5-28(25)36-33;1-4(2)3;1-2-4-3-1;1-3-2/h2,5-11,14-17,20H,3-4,12-13,18,21H2,1H3;1-3H3;1-3H2;1-2H3. The summed E-state index contributed by atoms with van der Waals surface area (Å²) in [7, 11) is 11.1. The lowest BCUT2D eigenvalue weighted by Crippen LogP contribution is -2.09. The zero-order valence-corrected chi connectivity index (χ0v) is 32.0. The molecule has 4 bridgehead atoms. The van der Waals surface area contributed by atoms with Crippen molar-refractivity contribution in [3.05, 3.63) is 100 Å². The summed E-state index contributed by atoms with van der Waals surface area (Å²) in [4.78, 5) is 34.1. The number of nitrogens with zero attached hydrogens (tertiary/aromatic N) is 5. The molecule has 284 valence electrons. The van der Waals surface area contributed by atoms with Gasteiger partial charge in [-0.15, -0.1) is 0 Å². The van der Waals surface area contributed by atoms with Crippen molar-refractivity contribution in [1.82, 2.24) is 19.4 Å². The van der Waals surface area contributed by atoms with Crippen LogP contribution in [0.3, 0.4) is 0 Å². The summed E-state index contributed by atoms with van der Waals surface area (Å²) in [5, 5.41) is 9.42. The number of rotatable bonds is 6. The zero-order valence-electron chi connectivity index (χ0n) is 32.0. The lowest BCUT2D eigenvalue weighted by Gasteiger charge is -2.16. The van der Waals surface area contributed by atoms with Crippen molar-refractivity contribution >= 4 is 23.6 Å². The van der Waals surface area contributed by atoms with Gasteiger partial charge in [0.05, 0.1) is 29.5 Å². The molecule has 2 aliphatic heterocycles. The van der Waals surface area contributed by atoms with Crippen LogP contribution in [0.1, 0.15) is 51.3 Å². The summed E-state index contributed by atoms with van der Waals surface area (Å²) in [5.41, 5.74) is 6.99. The molecule has 3 aromatic carbocycles. The first kappa shape index (κ1) is 41.2. The Morgan fingerprint density at radius 2 is 1.67 bits per heavy atom. The van der Waals surface area contributed by atoms with Gasteiger partial charge in [-0.2, -0.15) is 5.26 Å². The highest BCUT2D eigenvalue weighted by molar-refractivity contribution is 5.90. The number of aryl methyl sites for hydroxylation is 2. The van der Waals surface area contributed by atoms with Crippen molar-refractivity contribution in [3.63, 3.8) is 0 Å². The number of nitriles is 1. The molecule has 0 radical (unpaired) electrons. The van der Waals surface area contributed by atoms with Gasteiger partial charge in [0.25, 0.3) is 0 Å². The Morgan fingerprint density at radius 1 is 0.926 bits per heavy atom. The third kappa shape index (κ3) is 11.7. The van der Waals surface area contributed by atoms with E-state index in [4.69, 9.17) is 28.9 Å². The van der Waals surface area contributed by atoms with Crippen LogP contribution in [-0.4, -0.2) is 93.8 Å². The largest absolute Gasteiger partial charge is 0.493 e. The number of ether oxygens (including phenoxy) is 5. The fourth-order valence-electron chi connectivity index (χ4n) is 5.42. The maximum atomic E-state index is 11.6. The molecule has 2 aromatic heterocycles. The highest BCUT2D eigenvalue weighted by atomic mass is 16.5. The molecule has 12 nitrogen and oxygen atoms in total. The zero-order chi connectivity index (χ0) is 38.9. The second-order valence-electron chi connectivity index (χ2n) is 13.0. The van der Waals surface area contributed by atoms with Gasteiger partial charge in [0.2, 0.25) is 5.88 Å². The molecule has 1 saturated heterocycles. The molecular formula is C42H49N5O7. The molecule has 7 rings (SSSR count). The van der Waals surface area contributed by atoms with E-state index in [0.29, 0.717) is 59.9 Å². The van der Waals surface area contributed by atoms with Crippen LogP contribution in [0.15, 0.2) is 66.7 Å². The molecule has 0 saturated carbocycles. The Kier molecular flexibility index (Phi) is 16.1. The summed E-state index contributed by atoms with van der Waals surface area (Å²) >= 11 is 0. The number of benzene rings is 3. The van der Waals surface area contributed by atoms with Gasteiger partial charge in [-0.25, -0.2) is 9.97 Å². The van der Waals surface area contributed by atoms with E-state index < -0.39 is 0 Å². The smallest absolute Gasteiger partial charge is 0.214 e. The molecule has 0 spiro atoms. The highest BCUT2D eigenvalue weighted by Gasteiger charge is 2.18. The molecule has 0 unspecified atom stereocenters. The van der Waals surface area contributed by atoms with Crippen LogP contribution < -0.4 is 14.2 Å². The summed E-state index contributed by atoms with van der Waals surface area (Å²) in [5.74, 6) is 2.35. The second kappa shape index (κ2) is 21.2. The molecule has 4 heterocycles. The van der Waals surface area contributed by atoms with Crippen molar-refractivity contribution in [2.24, 2.45) is 7.05 Å². The van der Waals surface area contributed by atoms with Crippen molar-refractivity contribution < 1.29 is 33.3 Å². The van der Waals surface area contributed by atoms with Gasteiger partial charge in [0, 0.05) is 63.7 Å². The Balaban J connectivity index is 0.000000518. The third-order valence-corrected chi connectivity index (χ3v) is 8.08. The highest BCUT2D eigenvalue weighted by Crippen LogP contribution is 2.32. The van der Waals surface area contributed by atoms with Gasteiger partial charge in [-0.3, -0.25) is 9.59 Å². The molecule has 0 aliphatic carbocycles. The van der Waals surface area contributed by atoms with Gasteiger partial charge >= 0.3 is 0 Å². The number of carbonyl (C=O) groups is 2. The van der Waals surface area contributed by atoms with Crippen molar-refractivity contribution in [2.75, 3.05) is 61.8 Å². The van der Waals surface area contributed by atoms with E-state index in [-0.39, 0.29) is 6.61 Å². The van der Waals surface area contributed by atoms with E-state index in [1.807, 2.05) is 86.2 Å². The van der Waals surface area contributed by atoms with E-state index >= 15 is 0 Å². The predicted octanol–water partition coefficient (Wildman–Crippen LogP) is 6.24. The van der Waals surface area contributed by atoms with Gasteiger partial charge in [-0.1, -0.05) is 24.3 Å². The molecule has 0 N–H and O–H groups in total. The monoisotopic (exact) mass is 735 g/mol. The number of methoxy groups -OCH3 is 1. The average Bonchev–Trinajstić information content (AvgIpc) is 3.45. The van der Waals surface area contributed by atoms with Crippen LogP contribution in [0, 0.1) is 11.3 Å². The van der Waals surface area contributed by atoms with Crippen LogP contribution in [0.25, 0.3) is 22.3 Å². The van der Waals surface area contributed by atoms with Crippen LogP contribution in [0.4, 0.5) is 0 Å². The minimum atomic E-state index is -0.134. The molecule has 0 amide bonds. The predicted molar refractivity (Wildman–Crippen MR) is 207 cm³/mol. The summed E-state index contributed by atoms with van der Waals surface area (Å²) in [6.45, 7) is 2.69. The first-order valence-electron chi connectivity index (χ1n) is 17.7. The Labute approximate surface area is 317 Å². The van der Waals surface area contributed by atoms with Crippen molar-refractivity contribution in [1.29, 1.82) is 5.26 Å². The Bertz CT molecular complexity index is 2030. The minimum Gasteiger partial charge on any atom is -0.493 e.